The van der Waals surface area contributed by atoms with E-state index >= 15 is 0 Å². The van der Waals surface area contributed by atoms with E-state index in [1.165, 1.54) is 61.0 Å². The smallest absolute Gasteiger partial charge is 0.164 e. The van der Waals surface area contributed by atoms with Crippen molar-refractivity contribution >= 4 is 55.7 Å². The van der Waals surface area contributed by atoms with Gasteiger partial charge >= 0.3 is 0 Å². The lowest BCUT2D eigenvalue weighted by atomic mass is 9.81. The van der Waals surface area contributed by atoms with Crippen molar-refractivity contribution < 1.29 is 0 Å². The Balaban J connectivity index is 0.941. The fourth-order valence-corrected chi connectivity index (χ4v) is 11.3. The van der Waals surface area contributed by atoms with Gasteiger partial charge in [0, 0.05) is 72.8 Å². The molecule has 0 bridgehead atoms. The van der Waals surface area contributed by atoms with Crippen molar-refractivity contribution in [2.24, 2.45) is 5.92 Å². The first-order valence-electron chi connectivity index (χ1n) is 23.9. The van der Waals surface area contributed by atoms with Crippen LogP contribution in [0.2, 0.25) is 0 Å². The third kappa shape index (κ3) is 6.44. The van der Waals surface area contributed by atoms with Gasteiger partial charge in [-0.3, -0.25) is 0 Å². The average molecular weight is 885 g/mol. The molecule has 2 aliphatic carbocycles. The molecule has 0 N–H and O–H groups in total. The Kier molecular flexibility index (Phi) is 9.05. The molecule has 0 amide bonds. The van der Waals surface area contributed by atoms with Crippen molar-refractivity contribution in [2.75, 3.05) is 4.90 Å². The first-order chi connectivity index (χ1) is 34.2. The summed E-state index contributed by atoms with van der Waals surface area (Å²) in [5.74, 6) is 2.12. The molecule has 0 radical (unpaired) electrons. The molecule has 2 atom stereocenters. The summed E-state index contributed by atoms with van der Waals surface area (Å²) in [6.45, 7) is 0. The van der Waals surface area contributed by atoms with Crippen LogP contribution in [-0.4, -0.2) is 30.1 Å². The van der Waals surface area contributed by atoms with Crippen LogP contribution in [0.1, 0.15) is 23.2 Å². The number of benzene rings is 8. The van der Waals surface area contributed by atoms with Crippen molar-refractivity contribution in [2.45, 2.75) is 18.9 Å². The van der Waals surface area contributed by atoms with E-state index in [1.54, 1.807) is 0 Å². The molecular weight excluding hydrogens is 841 g/mol. The summed E-state index contributed by atoms with van der Waals surface area (Å²) in [7, 11) is 0. The summed E-state index contributed by atoms with van der Waals surface area (Å²) in [5.41, 5.74) is 17.5. The van der Waals surface area contributed by atoms with E-state index in [0.29, 0.717) is 17.5 Å². The Morgan fingerprint density at radius 2 is 0.971 bits per heavy atom. The first kappa shape index (κ1) is 39.3. The van der Waals surface area contributed by atoms with Gasteiger partial charge in [0.15, 0.2) is 17.5 Å². The molecule has 69 heavy (non-hydrogen) atoms. The summed E-state index contributed by atoms with van der Waals surface area (Å²) >= 11 is 0. The molecule has 0 spiro atoms. The number of hydrogen-bond acceptors (Lipinski definition) is 4. The zero-order valence-electron chi connectivity index (χ0n) is 37.7. The molecule has 326 valence electrons. The van der Waals surface area contributed by atoms with E-state index in [9.17, 15) is 0 Å². The van der Waals surface area contributed by atoms with Gasteiger partial charge in [-0.1, -0.05) is 170 Å². The highest BCUT2D eigenvalue weighted by molar-refractivity contribution is 6.09. The van der Waals surface area contributed by atoms with Crippen LogP contribution in [0.15, 0.2) is 230 Å². The lowest BCUT2D eigenvalue weighted by Gasteiger charge is -2.31. The van der Waals surface area contributed by atoms with Gasteiger partial charge in [-0.15, -0.1) is 0 Å². The molecule has 3 aliphatic rings. The van der Waals surface area contributed by atoms with Gasteiger partial charge in [-0.2, -0.15) is 0 Å². The highest BCUT2D eigenvalue weighted by Crippen LogP contribution is 2.49. The largest absolute Gasteiger partial charge is 0.333 e. The van der Waals surface area contributed by atoms with Crippen molar-refractivity contribution in [1.29, 1.82) is 0 Å². The van der Waals surface area contributed by atoms with Crippen LogP contribution in [0, 0.1) is 5.92 Å². The van der Waals surface area contributed by atoms with E-state index in [2.05, 4.69) is 208 Å². The molecule has 0 fully saturated rings. The summed E-state index contributed by atoms with van der Waals surface area (Å²) < 4.78 is 4.86. The van der Waals surface area contributed by atoms with Gasteiger partial charge in [-0.05, 0) is 90.2 Å². The van der Waals surface area contributed by atoms with Crippen molar-refractivity contribution in [3.63, 3.8) is 0 Å². The standard InChI is InChI=1S/C63H44N6/c1-4-18-41(19-5-1)61-64-62(42-20-6-2-7-21-42)66-63(65-61)45-36-47(68-55-28-14-10-24-49(55)50-25-11-15-29-56(50)68)40-48(37-45)69-58-31-17-13-27-52(58)54-39-44(33-35-60(54)69)43-32-34-59-53(38-43)51-26-12-16-30-57(51)67(59)46-22-8-3-9-23-46/h1-33,35-38,40,44,59H,34,39H2. The molecule has 11 aromatic rings. The maximum absolute atomic E-state index is 5.27. The van der Waals surface area contributed by atoms with Crippen LogP contribution >= 0.6 is 0 Å². The number of nitrogens with zero attached hydrogens (tertiary/aromatic N) is 6. The normalized spacial score (nSPS) is 16.1. The Morgan fingerprint density at radius 3 is 1.62 bits per heavy atom. The summed E-state index contributed by atoms with van der Waals surface area (Å²) in [5, 5.41) is 3.69. The molecule has 3 aromatic heterocycles. The van der Waals surface area contributed by atoms with Crippen molar-refractivity contribution in [3.05, 3.63) is 247 Å². The Labute approximate surface area is 400 Å². The number of rotatable bonds is 7. The maximum atomic E-state index is 5.27. The van der Waals surface area contributed by atoms with E-state index < -0.39 is 0 Å². The van der Waals surface area contributed by atoms with Crippen LogP contribution in [0.5, 0.6) is 0 Å². The molecule has 0 saturated carbocycles. The third-order valence-corrected chi connectivity index (χ3v) is 14.4. The second-order valence-electron chi connectivity index (χ2n) is 18.3. The number of aromatic nitrogens is 5. The van der Waals surface area contributed by atoms with Gasteiger partial charge in [0.05, 0.1) is 22.6 Å². The molecule has 1 aliphatic heterocycles. The van der Waals surface area contributed by atoms with E-state index in [4.69, 9.17) is 15.0 Å². The summed E-state index contributed by atoms with van der Waals surface area (Å²) in [6, 6.07) is 73.7. The van der Waals surface area contributed by atoms with Gasteiger partial charge in [0.1, 0.15) is 0 Å². The van der Waals surface area contributed by atoms with E-state index in [1.807, 2.05) is 36.4 Å². The molecule has 6 heteroatoms. The highest BCUT2D eigenvalue weighted by Gasteiger charge is 2.37. The minimum atomic E-state index is 0.237. The number of para-hydroxylation sites is 5. The second kappa shape index (κ2) is 15.9. The van der Waals surface area contributed by atoms with E-state index in [0.717, 1.165) is 51.9 Å². The third-order valence-electron chi connectivity index (χ3n) is 14.4. The lowest BCUT2D eigenvalue weighted by molar-refractivity contribution is 0.737. The second-order valence-corrected chi connectivity index (χ2v) is 18.3. The predicted molar refractivity (Wildman–Crippen MR) is 283 cm³/mol. The number of hydrogen-bond donors (Lipinski definition) is 0. The summed E-state index contributed by atoms with van der Waals surface area (Å²) in [6.07, 6.45) is 11.7. The van der Waals surface area contributed by atoms with Crippen LogP contribution < -0.4 is 4.90 Å². The van der Waals surface area contributed by atoms with Gasteiger partial charge in [-0.25, -0.2) is 15.0 Å². The first-order valence-corrected chi connectivity index (χ1v) is 23.9. The molecule has 8 aromatic carbocycles. The minimum Gasteiger partial charge on any atom is -0.333 e. The average Bonchev–Trinajstić information content (AvgIpc) is 4.07. The van der Waals surface area contributed by atoms with Crippen molar-refractivity contribution in [1.82, 2.24) is 24.1 Å². The van der Waals surface area contributed by atoms with Crippen molar-refractivity contribution in [3.8, 4) is 45.5 Å². The monoisotopic (exact) mass is 884 g/mol. The molecule has 4 heterocycles. The van der Waals surface area contributed by atoms with Gasteiger partial charge in [0.2, 0.25) is 0 Å². The SMILES string of the molecule is C1=CC(C2=CCC3C(=C2)c2ccccc2N3c2ccccc2)Cc2c1n(-c1cc(-c3nc(-c4ccccc4)nc(-c4ccccc4)n3)cc(-n3c4ccccc4c4ccccc43)c1)c1ccccc21. The zero-order valence-corrected chi connectivity index (χ0v) is 37.7. The molecule has 14 rings (SSSR count). The van der Waals surface area contributed by atoms with Crippen LogP contribution in [-0.2, 0) is 6.42 Å². The van der Waals surface area contributed by atoms with Crippen LogP contribution in [0.4, 0.5) is 11.4 Å². The zero-order chi connectivity index (χ0) is 45.4. The molecular formula is C63H44N6. The number of anilines is 2. The number of allylic oxidation sites excluding steroid dienone is 3. The molecule has 6 nitrogen and oxygen atoms in total. The predicted octanol–water partition coefficient (Wildman–Crippen LogP) is 15.0. The lowest BCUT2D eigenvalue weighted by Crippen LogP contribution is -2.28. The van der Waals surface area contributed by atoms with E-state index in [-0.39, 0.29) is 12.0 Å². The maximum Gasteiger partial charge on any atom is 0.164 e. The Hall–Kier alpha value is -8.87. The quantitative estimate of drug-likeness (QED) is 0.160. The Bertz CT molecular complexity index is 3800. The topological polar surface area (TPSA) is 51.8 Å². The fraction of sp³-hybridized carbons (Fsp3) is 0.0635. The molecule has 2 unspecified atom stereocenters. The van der Waals surface area contributed by atoms with Gasteiger partial charge < -0.3 is 14.0 Å². The van der Waals surface area contributed by atoms with Gasteiger partial charge in [0.25, 0.3) is 0 Å². The van der Waals surface area contributed by atoms with Crippen LogP contribution in [0.3, 0.4) is 0 Å². The minimum absolute atomic E-state index is 0.237. The highest BCUT2D eigenvalue weighted by atomic mass is 15.2. The summed E-state index contributed by atoms with van der Waals surface area (Å²) in [4.78, 5) is 18.1. The number of fused-ring (bicyclic) bond motifs is 9. The fourth-order valence-electron chi connectivity index (χ4n) is 11.3. The van der Waals surface area contributed by atoms with Crippen LogP contribution in [0.25, 0.3) is 89.9 Å². The molecule has 0 saturated heterocycles. The Morgan fingerprint density at radius 1 is 0.449 bits per heavy atom.